The SMILES string of the molecule is Cn1cnnc1Sc1ccc(C=CC(=O)c2ccc(C3CCCCC3)cc2)cc1[N+](=O)[O-]. The van der Waals surface area contributed by atoms with Crippen molar-refractivity contribution in [3.05, 3.63) is 81.7 Å². The summed E-state index contributed by atoms with van der Waals surface area (Å²) in [6, 6.07) is 12.7. The summed E-state index contributed by atoms with van der Waals surface area (Å²) in [6.45, 7) is 0. The van der Waals surface area contributed by atoms with E-state index in [1.54, 1.807) is 36.2 Å². The van der Waals surface area contributed by atoms with Crippen molar-refractivity contribution in [2.75, 3.05) is 0 Å². The second-order valence-corrected chi connectivity index (χ2v) is 8.97. The van der Waals surface area contributed by atoms with Gasteiger partial charge in [-0.1, -0.05) is 55.7 Å². The summed E-state index contributed by atoms with van der Waals surface area (Å²) in [5.74, 6) is 0.474. The average Bonchev–Trinajstić information content (AvgIpc) is 3.23. The molecule has 1 aromatic heterocycles. The topological polar surface area (TPSA) is 90.9 Å². The molecule has 0 spiro atoms. The third-order valence-corrected chi connectivity index (χ3v) is 6.87. The van der Waals surface area contributed by atoms with E-state index in [1.807, 2.05) is 12.1 Å². The number of nitro groups is 1. The van der Waals surface area contributed by atoms with Gasteiger partial charge in [-0.15, -0.1) is 10.2 Å². The molecule has 0 bridgehead atoms. The van der Waals surface area contributed by atoms with Crippen molar-refractivity contribution in [2.24, 2.45) is 7.05 Å². The van der Waals surface area contributed by atoms with Gasteiger partial charge in [0.25, 0.3) is 5.69 Å². The summed E-state index contributed by atoms with van der Waals surface area (Å²) in [5.41, 5.74) is 2.47. The van der Waals surface area contributed by atoms with E-state index in [9.17, 15) is 14.9 Å². The lowest BCUT2D eigenvalue weighted by atomic mass is 9.84. The highest BCUT2D eigenvalue weighted by atomic mass is 32.2. The summed E-state index contributed by atoms with van der Waals surface area (Å²) in [6.07, 6.45) is 10.9. The van der Waals surface area contributed by atoms with E-state index < -0.39 is 4.92 Å². The molecule has 3 aromatic rings. The Morgan fingerprint density at radius 1 is 1.16 bits per heavy atom. The van der Waals surface area contributed by atoms with Crippen LogP contribution in [0.1, 0.15) is 59.5 Å². The summed E-state index contributed by atoms with van der Waals surface area (Å²) in [7, 11) is 1.78. The molecule has 0 aliphatic heterocycles. The van der Waals surface area contributed by atoms with Crippen LogP contribution >= 0.6 is 11.8 Å². The van der Waals surface area contributed by atoms with E-state index in [0.717, 1.165) is 0 Å². The molecular weight excluding hydrogens is 424 g/mol. The van der Waals surface area contributed by atoms with Crippen LogP contribution in [-0.4, -0.2) is 25.5 Å². The normalized spacial score (nSPS) is 14.7. The number of hydrogen-bond acceptors (Lipinski definition) is 6. The number of carbonyl (C=O) groups is 1. The quantitative estimate of drug-likeness (QED) is 0.196. The van der Waals surface area contributed by atoms with E-state index in [4.69, 9.17) is 0 Å². The number of hydrogen-bond donors (Lipinski definition) is 0. The van der Waals surface area contributed by atoms with Gasteiger partial charge < -0.3 is 4.57 Å². The van der Waals surface area contributed by atoms with Crippen LogP contribution < -0.4 is 0 Å². The fourth-order valence-electron chi connectivity index (χ4n) is 3.95. The van der Waals surface area contributed by atoms with Crippen LogP contribution in [-0.2, 0) is 7.05 Å². The minimum Gasteiger partial charge on any atom is -0.311 e. The van der Waals surface area contributed by atoms with Gasteiger partial charge in [0.2, 0.25) is 0 Å². The molecule has 8 heteroatoms. The number of aromatic nitrogens is 3. The van der Waals surface area contributed by atoms with Gasteiger partial charge in [-0.2, -0.15) is 0 Å². The molecule has 7 nitrogen and oxygen atoms in total. The molecule has 4 rings (SSSR count). The number of aryl methyl sites for hydroxylation is 1. The summed E-state index contributed by atoms with van der Waals surface area (Å²) >= 11 is 1.18. The third kappa shape index (κ3) is 5.13. The fraction of sp³-hybridized carbons (Fsp3) is 0.292. The minimum absolute atomic E-state index is 0.0376. The van der Waals surface area contributed by atoms with Crippen molar-refractivity contribution < 1.29 is 9.72 Å². The first kappa shape index (κ1) is 22.0. The molecule has 0 saturated heterocycles. The number of ketones is 1. The molecule has 0 amide bonds. The zero-order valence-corrected chi connectivity index (χ0v) is 18.6. The highest BCUT2D eigenvalue weighted by Crippen LogP contribution is 2.35. The number of carbonyl (C=O) groups excluding carboxylic acids is 1. The average molecular weight is 449 g/mol. The highest BCUT2D eigenvalue weighted by molar-refractivity contribution is 7.99. The van der Waals surface area contributed by atoms with Crippen LogP contribution in [0.25, 0.3) is 6.08 Å². The maximum absolute atomic E-state index is 12.6. The molecule has 1 fully saturated rings. The van der Waals surface area contributed by atoms with E-state index in [-0.39, 0.29) is 11.5 Å². The van der Waals surface area contributed by atoms with Crippen molar-refractivity contribution in [3.8, 4) is 0 Å². The summed E-state index contributed by atoms with van der Waals surface area (Å²) < 4.78 is 1.69. The third-order valence-electron chi connectivity index (χ3n) is 5.75. The van der Waals surface area contributed by atoms with E-state index >= 15 is 0 Å². The number of rotatable bonds is 7. The first-order valence-corrected chi connectivity index (χ1v) is 11.5. The molecule has 2 aromatic carbocycles. The Morgan fingerprint density at radius 2 is 1.91 bits per heavy atom. The Kier molecular flexibility index (Phi) is 6.80. The van der Waals surface area contributed by atoms with E-state index in [2.05, 4.69) is 22.3 Å². The Hall–Kier alpha value is -3.26. The molecular formula is C24H24N4O3S. The largest absolute Gasteiger partial charge is 0.311 e. The molecule has 1 aliphatic rings. The molecule has 1 saturated carbocycles. The Bertz CT molecular complexity index is 1150. The maximum Gasteiger partial charge on any atom is 0.283 e. The van der Waals surface area contributed by atoms with Gasteiger partial charge in [-0.25, -0.2) is 0 Å². The van der Waals surface area contributed by atoms with Gasteiger partial charge in [-0.05, 0) is 53.8 Å². The molecule has 0 N–H and O–H groups in total. The molecule has 0 unspecified atom stereocenters. The number of allylic oxidation sites excluding steroid dienone is 1. The lowest BCUT2D eigenvalue weighted by molar-refractivity contribution is -0.387. The van der Waals surface area contributed by atoms with Gasteiger partial charge >= 0.3 is 0 Å². The number of nitrogens with zero attached hydrogens (tertiary/aromatic N) is 4. The molecule has 1 heterocycles. The van der Waals surface area contributed by atoms with Crippen molar-refractivity contribution in [2.45, 2.75) is 48.1 Å². The smallest absolute Gasteiger partial charge is 0.283 e. The first-order valence-electron chi connectivity index (χ1n) is 10.6. The lowest BCUT2D eigenvalue weighted by Crippen LogP contribution is -2.05. The first-order chi connectivity index (χ1) is 15.5. The van der Waals surface area contributed by atoms with Crippen LogP contribution in [0.2, 0.25) is 0 Å². The van der Waals surface area contributed by atoms with E-state index in [0.29, 0.717) is 27.1 Å². The fourth-order valence-corrected chi connectivity index (χ4v) is 4.80. The Labute approximate surface area is 190 Å². The van der Waals surface area contributed by atoms with Crippen LogP contribution in [0.4, 0.5) is 5.69 Å². The van der Waals surface area contributed by atoms with Crippen molar-refractivity contribution in [1.82, 2.24) is 14.8 Å². The van der Waals surface area contributed by atoms with Crippen LogP contribution in [0.5, 0.6) is 0 Å². The van der Waals surface area contributed by atoms with Gasteiger partial charge in [0.15, 0.2) is 10.9 Å². The Balaban J connectivity index is 1.47. The zero-order valence-electron chi connectivity index (χ0n) is 17.8. The summed E-state index contributed by atoms with van der Waals surface area (Å²) in [5, 5.41) is 19.9. The zero-order chi connectivity index (χ0) is 22.5. The van der Waals surface area contributed by atoms with Gasteiger partial charge in [0, 0.05) is 18.7 Å². The van der Waals surface area contributed by atoms with Crippen molar-refractivity contribution in [3.63, 3.8) is 0 Å². The Morgan fingerprint density at radius 3 is 2.56 bits per heavy atom. The molecule has 0 atom stereocenters. The maximum atomic E-state index is 12.6. The number of benzene rings is 2. The van der Waals surface area contributed by atoms with Crippen molar-refractivity contribution in [1.29, 1.82) is 0 Å². The van der Waals surface area contributed by atoms with Gasteiger partial charge in [0.1, 0.15) is 6.33 Å². The standard InChI is InChI=1S/C24H24N4O3S/c1-27-16-25-26-24(27)32-23-14-8-17(15-21(23)28(30)31)7-13-22(29)20-11-9-19(10-12-20)18-5-3-2-4-6-18/h7-16,18H,2-6H2,1H3. The van der Waals surface area contributed by atoms with Crippen molar-refractivity contribution >= 4 is 29.3 Å². The van der Waals surface area contributed by atoms with E-state index in [1.165, 1.54) is 61.6 Å². The molecule has 0 radical (unpaired) electrons. The van der Waals surface area contributed by atoms with Crippen LogP contribution in [0.3, 0.4) is 0 Å². The van der Waals surface area contributed by atoms with Gasteiger partial charge in [-0.3, -0.25) is 14.9 Å². The predicted octanol–water partition coefficient (Wildman–Crippen LogP) is 5.82. The van der Waals surface area contributed by atoms with Crippen LogP contribution in [0, 0.1) is 10.1 Å². The lowest BCUT2D eigenvalue weighted by Gasteiger charge is -2.21. The molecule has 1 aliphatic carbocycles. The predicted molar refractivity (Wildman–Crippen MR) is 124 cm³/mol. The monoisotopic (exact) mass is 448 g/mol. The second-order valence-electron chi connectivity index (χ2n) is 7.97. The molecule has 164 valence electrons. The molecule has 32 heavy (non-hydrogen) atoms. The highest BCUT2D eigenvalue weighted by Gasteiger charge is 2.18. The second kappa shape index (κ2) is 9.91. The summed E-state index contributed by atoms with van der Waals surface area (Å²) in [4.78, 5) is 24.2. The minimum atomic E-state index is -0.429. The van der Waals surface area contributed by atoms with Crippen LogP contribution in [0.15, 0.2) is 64.9 Å². The number of nitro benzene ring substituents is 1. The van der Waals surface area contributed by atoms with Gasteiger partial charge in [0.05, 0.1) is 9.82 Å².